The van der Waals surface area contributed by atoms with Crippen LogP contribution < -0.4 is 0 Å². The van der Waals surface area contributed by atoms with Gasteiger partial charge in [0.25, 0.3) is 0 Å². The van der Waals surface area contributed by atoms with E-state index in [2.05, 4.69) is 6.07 Å². The summed E-state index contributed by atoms with van der Waals surface area (Å²) in [6.45, 7) is 9.51. The maximum Gasteiger partial charge on any atom is 0.327 e. The molecule has 0 aromatic heterocycles. The van der Waals surface area contributed by atoms with Crippen molar-refractivity contribution in [2.24, 2.45) is 17.3 Å². The summed E-state index contributed by atoms with van der Waals surface area (Å²) in [7, 11) is 0. The highest BCUT2D eigenvalue weighted by Crippen LogP contribution is 2.40. The summed E-state index contributed by atoms with van der Waals surface area (Å²) in [6.07, 6.45) is 2.88. The van der Waals surface area contributed by atoms with E-state index in [1.807, 2.05) is 20.8 Å². The predicted octanol–water partition coefficient (Wildman–Crippen LogP) is 3.48. The molecule has 2 atom stereocenters. The Balaban J connectivity index is 5.69. The summed E-state index contributed by atoms with van der Waals surface area (Å²) >= 11 is 0. The van der Waals surface area contributed by atoms with Gasteiger partial charge in [0.1, 0.15) is 0 Å². The Bertz CT molecular complexity index is 400. The van der Waals surface area contributed by atoms with Crippen molar-refractivity contribution >= 4 is 11.9 Å². The summed E-state index contributed by atoms with van der Waals surface area (Å²) in [6, 6.07) is 2.10. The Morgan fingerprint density at radius 1 is 1.09 bits per heavy atom. The smallest absolute Gasteiger partial charge is 0.327 e. The van der Waals surface area contributed by atoms with Gasteiger partial charge in [0.2, 0.25) is 0 Å². The van der Waals surface area contributed by atoms with Gasteiger partial charge in [-0.2, -0.15) is 5.26 Å². The molecule has 0 aromatic rings. The average Bonchev–Trinajstić information content (AvgIpc) is 2.46. The van der Waals surface area contributed by atoms with Crippen LogP contribution in [0.3, 0.4) is 0 Å². The molecule has 0 aliphatic heterocycles. The fourth-order valence-corrected chi connectivity index (χ4v) is 2.74. The summed E-state index contributed by atoms with van der Waals surface area (Å²) in [5.41, 5.74) is -1.47. The van der Waals surface area contributed by atoms with Gasteiger partial charge in [0.05, 0.1) is 25.2 Å². The number of nitrogens with zero attached hydrogens (tertiary/aromatic N) is 1. The molecule has 0 spiro atoms. The van der Waals surface area contributed by atoms with Gasteiger partial charge >= 0.3 is 11.9 Å². The molecule has 2 unspecified atom stereocenters. The van der Waals surface area contributed by atoms with Crippen molar-refractivity contribution in [3.8, 4) is 6.07 Å². The van der Waals surface area contributed by atoms with Crippen molar-refractivity contribution in [1.29, 1.82) is 5.26 Å². The van der Waals surface area contributed by atoms with E-state index in [0.29, 0.717) is 12.8 Å². The molecule has 5 heteroatoms. The SMILES string of the molecule is CCCCCC(C#N)(C(=O)OCC)C(C(=O)OCC)C(C)C. The highest BCUT2D eigenvalue weighted by molar-refractivity contribution is 5.88. The van der Waals surface area contributed by atoms with Gasteiger partial charge in [0.15, 0.2) is 5.41 Å². The zero-order valence-corrected chi connectivity index (χ0v) is 14.5. The highest BCUT2D eigenvalue weighted by atomic mass is 16.5. The van der Waals surface area contributed by atoms with Gasteiger partial charge in [-0.05, 0) is 26.2 Å². The average molecular weight is 311 g/mol. The van der Waals surface area contributed by atoms with E-state index in [0.717, 1.165) is 12.8 Å². The van der Waals surface area contributed by atoms with Crippen molar-refractivity contribution in [1.82, 2.24) is 0 Å². The molecule has 0 rings (SSSR count). The van der Waals surface area contributed by atoms with E-state index < -0.39 is 23.3 Å². The molecule has 0 amide bonds. The van der Waals surface area contributed by atoms with Crippen LogP contribution in [0.1, 0.15) is 60.3 Å². The molecule has 0 fully saturated rings. The van der Waals surface area contributed by atoms with Crippen LogP contribution >= 0.6 is 0 Å². The molecular weight excluding hydrogens is 282 g/mol. The fourth-order valence-electron chi connectivity index (χ4n) is 2.74. The molecule has 0 N–H and O–H groups in total. The van der Waals surface area contributed by atoms with Crippen LogP contribution in [0.25, 0.3) is 0 Å². The van der Waals surface area contributed by atoms with Gasteiger partial charge in [-0.15, -0.1) is 0 Å². The van der Waals surface area contributed by atoms with E-state index >= 15 is 0 Å². The first-order valence-corrected chi connectivity index (χ1v) is 8.16. The lowest BCUT2D eigenvalue weighted by atomic mass is 9.68. The summed E-state index contributed by atoms with van der Waals surface area (Å²) in [4.78, 5) is 24.8. The topological polar surface area (TPSA) is 76.4 Å². The quantitative estimate of drug-likeness (QED) is 0.456. The van der Waals surface area contributed by atoms with Crippen molar-refractivity contribution in [2.75, 3.05) is 13.2 Å². The second kappa shape index (κ2) is 10.2. The standard InChI is InChI=1S/C17H29NO4/c1-6-9-10-11-17(12-18,16(20)22-8-3)14(13(4)5)15(19)21-7-2/h13-14H,6-11H2,1-5H3. The van der Waals surface area contributed by atoms with Crippen LogP contribution in [0.4, 0.5) is 0 Å². The monoisotopic (exact) mass is 311 g/mol. The largest absolute Gasteiger partial charge is 0.466 e. The molecule has 0 radical (unpaired) electrons. The van der Waals surface area contributed by atoms with Gasteiger partial charge in [-0.25, -0.2) is 0 Å². The first-order chi connectivity index (χ1) is 10.4. The maximum absolute atomic E-state index is 12.5. The summed E-state index contributed by atoms with van der Waals surface area (Å²) in [5.74, 6) is -2.11. The minimum Gasteiger partial charge on any atom is -0.466 e. The zero-order valence-electron chi connectivity index (χ0n) is 14.5. The zero-order chi connectivity index (χ0) is 17.2. The van der Waals surface area contributed by atoms with E-state index in [-0.39, 0.29) is 19.1 Å². The first kappa shape index (κ1) is 20.4. The van der Waals surface area contributed by atoms with Gasteiger partial charge < -0.3 is 9.47 Å². The van der Waals surface area contributed by atoms with Crippen molar-refractivity contribution in [3.05, 3.63) is 0 Å². The molecule has 0 saturated carbocycles. The van der Waals surface area contributed by atoms with E-state index in [4.69, 9.17) is 9.47 Å². The predicted molar refractivity (Wildman–Crippen MR) is 83.8 cm³/mol. The molecule has 0 saturated heterocycles. The Morgan fingerprint density at radius 2 is 1.68 bits per heavy atom. The molecule has 0 aliphatic carbocycles. The van der Waals surface area contributed by atoms with E-state index in [1.165, 1.54) is 0 Å². The molecule has 0 aromatic carbocycles. The number of hydrogen-bond acceptors (Lipinski definition) is 5. The maximum atomic E-state index is 12.5. The number of carbonyl (C=O) groups is 2. The summed E-state index contributed by atoms with van der Waals surface area (Å²) < 4.78 is 10.2. The third-order valence-corrected chi connectivity index (χ3v) is 3.75. The third kappa shape index (κ3) is 5.01. The van der Waals surface area contributed by atoms with Crippen LogP contribution in [0.5, 0.6) is 0 Å². The molecule has 0 aliphatic rings. The van der Waals surface area contributed by atoms with Gasteiger partial charge in [-0.1, -0.05) is 40.0 Å². The second-order valence-electron chi connectivity index (χ2n) is 5.73. The minimum atomic E-state index is -1.47. The number of carbonyl (C=O) groups excluding carboxylic acids is 2. The van der Waals surface area contributed by atoms with Crippen LogP contribution in [-0.4, -0.2) is 25.2 Å². The number of hydrogen-bond donors (Lipinski definition) is 0. The lowest BCUT2D eigenvalue weighted by Crippen LogP contribution is -2.46. The van der Waals surface area contributed by atoms with Crippen LogP contribution in [0.2, 0.25) is 0 Å². The lowest BCUT2D eigenvalue weighted by Gasteiger charge is -2.33. The van der Waals surface area contributed by atoms with E-state index in [9.17, 15) is 14.9 Å². The Labute approximate surface area is 134 Å². The van der Waals surface area contributed by atoms with Gasteiger partial charge in [0, 0.05) is 0 Å². The normalized spacial score (nSPS) is 14.8. The molecule has 22 heavy (non-hydrogen) atoms. The molecule has 126 valence electrons. The lowest BCUT2D eigenvalue weighted by molar-refractivity contribution is -0.168. The van der Waals surface area contributed by atoms with Crippen molar-refractivity contribution in [2.45, 2.75) is 60.3 Å². The van der Waals surface area contributed by atoms with Crippen molar-refractivity contribution in [3.63, 3.8) is 0 Å². The van der Waals surface area contributed by atoms with Crippen LogP contribution in [0.15, 0.2) is 0 Å². The minimum absolute atomic E-state index is 0.184. The number of nitriles is 1. The van der Waals surface area contributed by atoms with Crippen molar-refractivity contribution < 1.29 is 19.1 Å². The number of ether oxygens (including phenoxy) is 2. The Hall–Kier alpha value is -1.57. The second-order valence-corrected chi connectivity index (χ2v) is 5.73. The number of esters is 2. The molecule has 5 nitrogen and oxygen atoms in total. The Morgan fingerprint density at radius 3 is 2.09 bits per heavy atom. The number of rotatable bonds is 10. The molecule has 0 heterocycles. The highest BCUT2D eigenvalue weighted by Gasteiger charge is 2.52. The third-order valence-electron chi connectivity index (χ3n) is 3.75. The fraction of sp³-hybridized carbons (Fsp3) is 0.824. The molecule has 0 bridgehead atoms. The van der Waals surface area contributed by atoms with Gasteiger partial charge in [-0.3, -0.25) is 9.59 Å². The molecular formula is C17H29NO4. The summed E-state index contributed by atoms with van der Waals surface area (Å²) in [5, 5.41) is 9.75. The van der Waals surface area contributed by atoms with Crippen LogP contribution in [0, 0.1) is 28.6 Å². The van der Waals surface area contributed by atoms with Crippen LogP contribution in [-0.2, 0) is 19.1 Å². The van der Waals surface area contributed by atoms with E-state index in [1.54, 1.807) is 13.8 Å². The first-order valence-electron chi connectivity index (χ1n) is 8.16. The number of unbranched alkanes of at least 4 members (excludes halogenated alkanes) is 2. The Kier molecular flexibility index (Phi) is 9.48.